The molecule has 2 aromatic carbocycles. The van der Waals surface area contributed by atoms with Crippen LogP contribution in [0.3, 0.4) is 0 Å². The Balaban J connectivity index is 1.74. The number of methoxy groups -OCH3 is 3. The Hall–Kier alpha value is -3.75. The average Bonchev–Trinajstić information content (AvgIpc) is 2.97. The van der Waals surface area contributed by atoms with Crippen molar-refractivity contribution in [3.63, 3.8) is 0 Å². The van der Waals surface area contributed by atoms with Gasteiger partial charge in [0.05, 0.1) is 21.3 Å². The summed E-state index contributed by atoms with van der Waals surface area (Å²) >= 11 is 0. The first-order valence-electron chi connectivity index (χ1n) is 9.12. The summed E-state index contributed by atoms with van der Waals surface area (Å²) in [6.45, 7) is 1.16. The molecule has 0 saturated carbocycles. The molecule has 1 fully saturated rings. The molecule has 0 aliphatic carbocycles. The lowest BCUT2D eigenvalue weighted by Crippen LogP contribution is -2.42. The van der Waals surface area contributed by atoms with E-state index in [-0.39, 0.29) is 0 Å². The van der Waals surface area contributed by atoms with E-state index in [0.717, 1.165) is 4.90 Å². The molecule has 2 aromatic rings. The third kappa shape index (κ3) is 4.00. The molecular weight excluding hydrogens is 390 g/mol. The molecule has 9 heteroatoms. The van der Waals surface area contributed by atoms with Gasteiger partial charge < -0.3 is 24.8 Å². The Morgan fingerprint density at radius 1 is 0.967 bits per heavy atom. The van der Waals surface area contributed by atoms with Crippen LogP contribution in [-0.4, -0.2) is 50.6 Å². The third-order valence-electron chi connectivity index (χ3n) is 4.88. The van der Waals surface area contributed by atoms with Crippen LogP contribution in [0.2, 0.25) is 0 Å². The van der Waals surface area contributed by atoms with E-state index >= 15 is 0 Å². The maximum Gasteiger partial charge on any atom is 0.325 e. The van der Waals surface area contributed by atoms with E-state index in [4.69, 9.17) is 14.2 Å². The van der Waals surface area contributed by atoms with Crippen LogP contribution in [0.25, 0.3) is 0 Å². The quantitative estimate of drug-likeness (QED) is 0.674. The molecule has 0 aromatic heterocycles. The topological polar surface area (TPSA) is 106 Å². The van der Waals surface area contributed by atoms with E-state index < -0.39 is 29.9 Å². The van der Waals surface area contributed by atoms with Gasteiger partial charge in [0, 0.05) is 23.9 Å². The zero-order chi connectivity index (χ0) is 21.9. The number of anilines is 1. The number of benzene rings is 2. The summed E-state index contributed by atoms with van der Waals surface area (Å²) < 4.78 is 15.5. The molecule has 2 N–H and O–H groups in total. The molecule has 1 unspecified atom stereocenters. The first-order chi connectivity index (χ1) is 14.3. The summed E-state index contributed by atoms with van der Waals surface area (Å²) in [6, 6.07) is 11.0. The molecule has 0 spiro atoms. The monoisotopic (exact) mass is 413 g/mol. The normalized spacial score (nSPS) is 18.1. The van der Waals surface area contributed by atoms with Gasteiger partial charge in [-0.25, -0.2) is 4.79 Å². The standard InChI is InChI=1S/C21H23N3O6/c1-21(13-5-7-15(28-2)8-6-13)19(26)24(20(27)23-21)12-18(25)22-14-9-16(29-3)11-17(10-14)30-4/h5-11H,12H2,1-4H3,(H,22,25)(H,23,27). The van der Waals surface area contributed by atoms with Crippen LogP contribution in [0.1, 0.15) is 12.5 Å². The van der Waals surface area contributed by atoms with Gasteiger partial charge in [0.1, 0.15) is 29.3 Å². The van der Waals surface area contributed by atoms with Gasteiger partial charge in [-0.2, -0.15) is 0 Å². The minimum absolute atomic E-state index is 0.418. The lowest BCUT2D eigenvalue weighted by molar-refractivity contribution is -0.133. The fourth-order valence-electron chi connectivity index (χ4n) is 3.18. The van der Waals surface area contributed by atoms with Gasteiger partial charge in [0.2, 0.25) is 5.91 Å². The van der Waals surface area contributed by atoms with Crippen LogP contribution >= 0.6 is 0 Å². The minimum Gasteiger partial charge on any atom is -0.497 e. The van der Waals surface area contributed by atoms with Crippen LogP contribution in [0.4, 0.5) is 10.5 Å². The van der Waals surface area contributed by atoms with Crippen molar-refractivity contribution in [1.82, 2.24) is 10.2 Å². The largest absolute Gasteiger partial charge is 0.497 e. The van der Waals surface area contributed by atoms with Gasteiger partial charge in [0.25, 0.3) is 5.91 Å². The number of ether oxygens (including phenoxy) is 3. The van der Waals surface area contributed by atoms with Gasteiger partial charge in [-0.15, -0.1) is 0 Å². The van der Waals surface area contributed by atoms with Gasteiger partial charge in [0.15, 0.2) is 0 Å². The Kier molecular flexibility index (Phi) is 5.81. The maximum atomic E-state index is 13.0. The molecule has 4 amide bonds. The Labute approximate surface area is 173 Å². The number of hydrogen-bond acceptors (Lipinski definition) is 6. The Morgan fingerprint density at radius 2 is 1.53 bits per heavy atom. The highest BCUT2D eigenvalue weighted by atomic mass is 16.5. The SMILES string of the molecule is COc1ccc(C2(C)NC(=O)N(CC(=O)Nc3cc(OC)cc(OC)c3)C2=O)cc1. The number of carbonyl (C=O) groups excluding carboxylic acids is 3. The summed E-state index contributed by atoms with van der Waals surface area (Å²) in [5.41, 5.74) is -0.272. The van der Waals surface area contributed by atoms with Crippen molar-refractivity contribution >= 4 is 23.5 Å². The number of rotatable bonds is 7. The summed E-state index contributed by atoms with van der Waals surface area (Å²) in [5.74, 6) is 0.561. The van der Waals surface area contributed by atoms with Crippen molar-refractivity contribution in [2.75, 3.05) is 33.2 Å². The molecule has 1 saturated heterocycles. The minimum atomic E-state index is -1.27. The number of hydrogen-bond donors (Lipinski definition) is 2. The van der Waals surface area contributed by atoms with Crippen molar-refractivity contribution in [2.24, 2.45) is 0 Å². The molecule has 158 valence electrons. The molecular formula is C21H23N3O6. The molecule has 1 atom stereocenters. The molecule has 3 rings (SSSR count). The predicted octanol–water partition coefficient (Wildman–Crippen LogP) is 2.12. The molecule has 0 radical (unpaired) electrons. The van der Waals surface area contributed by atoms with Crippen LogP contribution < -0.4 is 24.8 Å². The van der Waals surface area contributed by atoms with Gasteiger partial charge in [-0.1, -0.05) is 12.1 Å². The van der Waals surface area contributed by atoms with Crippen molar-refractivity contribution in [2.45, 2.75) is 12.5 Å². The van der Waals surface area contributed by atoms with E-state index in [1.54, 1.807) is 49.4 Å². The Bertz CT molecular complexity index is 953. The van der Waals surface area contributed by atoms with Gasteiger partial charge >= 0.3 is 6.03 Å². The third-order valence-corrected chi connectivity index (χ3v) is 4.88. The fourth-order valence-corrected chi connectivity index (χ4v) is 3.18. The highest BCUT2D eigenvalue weighted by molar-refractivity contribution is 6.10. The molecule has 1 aliphatic heterocycles. The van der Waals surface area contributed by atoms with E-state index in [1.165, 1.54) is 21.3 Å². The summed E-state index contributed by atoms with van der Waals surface area (Å²) in [6.07, 6.45) is 0. The molecule has 1 heterocycles. The summed E-state index contributed by atoms with van der Waals surface area (Å²) in [7, 11) is 4.53. The van der Waals surface area contributed by atoms with Crippen LogP contribution in [0, 0.1) is 0 Å². The number of nitrogens with one attached hydrogen (secondary N) is 2. The highest BCUT2D eigenvalue weighted by Crippen LogP contribution is 2.30. The first-order valence-corrected chi connectivity index (χ1v) is 9.12. The lowest BCUT2D eigenvalue weighted by atomic mass is 9.92. The van der Waals surface area contributed by atoms with E-state index in [9.17, 15) is 14.4 Å². The van der Waals surface area contributed by atoms with E-state index in [0.29, 0.717) is 28.5 Å². The fraction of sp³-hybridized carbons (Fsp3) is 0.286. The predicted molar refractivity (Wildman–Crippen MR) is 109 cm³/mol. The smallest absolute Gasteiger partial charge is 0.325 e. The molecule has 30 heavy (non-hydrogen) atoms. The van der Waals surface area contributed by atoms with Crippen molar-refractivity contribution in [3.05, 3.63) is 48.0 Å². The summed E-state index contributed by atoms with van der Waals surface area (Å²) in [5, 5.41) is 5.32. The zero-order valence-electron chi connectivity index (χ0n) is 17.1. The first kappa shape index (κ1) is 21.0. The van der Waals surface area contributed by atoms with Gasteiger partial charge in [-0.3, -0.25) is 14.5 Å². The summed E-state index contributed by atoms with van der Waals surface area (Å²) in [4.78, 5) is 38.8. The van der Waals surface area contributed by atoms with Crippen molar-refractivity contribution < 1.29 is 28.6 Å². The average molecular weight is 413 g/mol. The van der Waals surface area contributed by atoms with Crippen LogP contribution in [0.5, 0.6) is 17.2 Å². The van der Waals surface area contributed by atoms with Gasteiger partial charge in [-0.05, 0) is 24.6 Å². The second-order valence-corrected chi connectivity index (χ2v) is 6.82. The second-order valence-electron chi connectivity index (χ2n) is 6.82. The van der Waals surface area contributed by atoms with Crippen molar-refractivity contribution in [1.29, 1.82) is 0 Å². The number of nitrogens with zero attached hydrogens (tertiary/aromatic N) is 1. The molecule has 0 bridgehead atoms. The number of imide groups is 1. The zero-order valence-corrected chi connectivity index (χ0v) is 17.1. The Morgan fingerprint density at radius 3 is 2.07 bits per heavy atom. The number of carbonyl (C=O) groups is 3. The lowest BCUT2D eigenvalue weighted by Gasteiger charge is -2.22. The van der Waals surface area contributed by atoms with E-state index in [2.05, 4.69) is 10.6 Å². The van der Waals surface area contributed by atoms with Crippen molar-refractivity contribution in [3.8, 4) is 17.2 Å². The molecule has 9 nitrogen and oxygen atoms in total. The highest BCUT2D eigenvalue weighted by Gasteiger charge is 2.49. The number of urea groups is 1. The van der Waals surface area contributed by atoms with Crippen LogP contribution in [-0.2, 0) is 15.1 Å². The van der Waals surface area contributed by atoms with Crippen LogP contribution in [0.15, 0.2) is 42.5 Å². The second kappa shape index (κ2) is 8.32. The molecule has 1 aliphatic rings. The van der Waals surface area contributed by atoms with E-state index in [1.807, 2.05) is 0 Å². The maximum absolute atomic E-state index is 13.0. The number of amides is 4.